The maximum absolute atomic E-state index is 11.3. The average Bonchev–Trinajstić information content (AvgIpc) is 2.16. The summed E-state index contributed by atoms with van der Waals surface area (Å²) in [7, 11) is 1.81. The predicted molar refractivity (Wildman–Crippen MR) is 53.5 cm³/mol. The number of hydrogen-bond acceptors (Lipinski definition) is 4. The van der Waals surface area contributed by atoms with Gasteiger partial charge in [-0.1, -0.05) is 0 Å². The highest BCUT2D eigenvalue weighted by molar-refractivity contribution is 5.75. The molecule has 0 spiro atoms. The molecule has 0 aliphatic rings. The molecule has 0 aliphatic carbocycles. The van der Waals surface area contributed by atoms with Gasteiger partial charge in [0.15, 0.2) is 0 Å². The van der Waals surface area contributed by atoms with E-state index in [0.717, 1.165) is 0 Å². The number of rotatable bonds is 5. The van der Waals surface area contributed by atoms with E-state index in [0.29, 0.717) is 13.2 Å². The normalized spacial score (nSPS) is 14.6. The second-order valence-electron chi connectivity index (χ2n) is 3.40. The highest BCUT2D eigenvalue weighted by Crippen LogP contribution is 2.03. The molecule has 2 atom stereocenters. The lowest BCUT2D eigenvalue weighted by atomic mass is 10.2. The first-order valence-electron chi connectivity index (χ1n) is 4.79. The van der Waals surface area contributed by atoms with Crippen LogP contribution in [0, 0.1) is 17.2 Å². The van der Waals surface area contributed by atoms with E-state index in [1.165, 1.54) is 0 Å². The van der Waals surface area contributed by atoms with Crippen LogP contribution in [-0.2, 0) is 9.53 Å². The molecular formula is C10H18N2O2. The molecule has 4 nitrogen and oxygen atoms in total. The number of nitriles is 1. The van der Waals surface area contributed by atoms with Crippen molar-refractivity contribution in [1.29, 1.82) is 5.26 Å². The third kappa shape index (κ3) is 4.24. The van der Waals surface area contributed by atoms with Gasteiger partial charge in [0.05, 0.1) is 18.6 Å². The minimum Gasteiger partial charge on any atom is -0.465 e. The zero-order valence-corrected chi connectivity index (χ0v) is 9.28. The summed E-state index contributed by atoms with van der Waals surface area (Å²) in [4.78, 5) is 13.1. The maximum atomic E-state index is 11.3. The lowest BCUT2D eigenvalue weighted by molar-refractivity contribution is -0.148. The monoisotopic (exact) mass is 198 g/mol. The molecule has 0 amide bonds. The molecule has 0 aromatic carbocycles. The minimum absolute atomic E-state index is 0.0723. The van der Waals surface area contributed by atoms with Crippen molar-refractivity contribution in [1.82, 2.24) is 4.90 Å². The Morgan fingerprint density at radius 1 is 1.57 bits per heavy atom. The highest BCUT2D eigenvalue weighted by atomic mass is 16.5. The van der Waals surface area contributed by atoms with E-state index in [9.17, 15) is 4.79 Å². The first kappa shape index (κ1) is 12.9. The number of carbonyl (C=O) groups is 1. The van der Waals surface area contributed by atoms with Crippen LogP contribution >= 0.6 is 0 Å². The zero-order chi connectivity index (χ0) is 11.1. The van der Waals surface area contributed by atoms with Crippen molar-refractivity contribution in [2.24, 2.45) is 5.92 Å². The Balaban J connectivity index is 4.05. The molecule has 0 aromatic rings. The van der Waals surface area contributed by atoms with E-state index in [1.54, 1.807) is 13.8 Å². The van der Waals surface area contributed by atoms with Crippen LogP contribution in [0.5, 0.6) is 0 Å². The Kier molecular flexibility index (Phi) is 5.89. The lowest BCUT2D eigenvalue weighted by Crippen LogP contribution is -2.39. The summed E-state index contributed by atoms with van der Waals surface area (Å²) in [5, 5.41) is 8.61. The fourth-order valence-electron chi connectivity index (χ4n) is 1.07. The third-order valence-corrected chi connectivity index (χ3v) is 2.07. The molecule has 0 saturated heterocycles. The molecule has 0 rings (SSSR count). The summed E-state index contributed by atoms with van der Waals surface area (Å²) in [5.41, 5.74) is 0. The Hall–Kier alpha value is -1.08. The molecule has 0 heterocycles. The SMILES string of the molecule is CCOC(=O)C(C)N(C)CC(C)C#N. The van der Waals surface area contributed by atoms with Crippen molar-refractivity contribution in [3.8, 4) is 6.07 Å². The number of nitrogens with zero attached hydrogens (tertiary/aromatic N) is 2. The van der Waals surface area contributed by atoms with E-state index in [1.807, 2.05) is 18.9 Å². The van der Waals surface area contributed by atoms with Crippen LogP contribution < -0.4 is 0 Å². The van der Waals surface area contributed by atoms with Crippen molar-refractivity contribution < 1.29 is 9.53 Å². The van der Waals surface area contributed by atoms with Gasteiger partial charge in [-0.25, -0.2) is 0 Å². The fraction of sp³-hybridized carbons (Fsp3) is 0.800. The van der Waals surface area contributed by atoms with Crippen LogP contribution in [0.4, 0.5) is 0 Å². The second-order valence-corrected chi connectivity index (χ2v) is 3.40. The Bertz CT molecular complexity index is 223. The van der Waals surface area contributed by atoms with Crippen molar-refractivity contribution in [3.63, 3.8) is 0 Å². The van der Waals surface area contributed by atoms with Crippen LogP contribution in [0.1, 0.15) is 20.8 Å². The van der Waals surface area contributed by atoms with Gasteiger partial charge >= 0.3 is 5.97 Å². The largest absolute Gasteiger partial charge is 0.465 e. The molecular weight excluding hydrogens is 180 g/mol. The summed E-state index contributed by atoms with van der Waals surface area (Å²) in [5.74, 6) is -0.308. The van der Waals surface area contributed by atoms with E-state index < -0.39 is 0 Å². The Morgan fingerprint density at radius 3 is 2.57 bits per heavy atom. The van der Waals surface area contributed by atoms with E-state index >= 15 is 0 Å². The molecule has 14 heavy (non-hydrogen) atoms. The number of esters is 1. The number of likely N-dealkylation sites (N-methyl/N-ethyl adjacent to an activating group) is 1. The number of carbonyl (C=O) groups excluding carboxylic acids is 1. The Labute approximate surface area is 85.5 Å². The second kappa shape index (κ2) is 6.39. The predicted octanol–water partition coefficient (Wildman–Crippen LogP) is 1.03. The van der Waals surface area contributed by atoms with Crippen molar-refractivity contribution in [2.75, 3.05) is 20.2 Å². The summed E-state index contributed by atoms with van der Waals surface area (Å²) in [6.07, 6.45) is 0. The fourth-order valence-corrected chi connectivity index (χ4v) is 1.07. The number of hydrogen-bond donors (Lipinski definition) is 0. The molecule has 0 saturated carbocycles. The molecule has 0 fully saturated rings. The van der Waals surface area contributed by atoms with Crippen molar-refractivity contribution >= 4 is 5.97 Å². The first-order valence-corrected chi connectivity index (χ1v) is 4.79. The minimum atomic E-state index is -0.286. The highest BCUT2D eigenvalue weighted by Gasteiger charge is 2.20. The Morgan fingerprint density at radius 2 is 2.14 bits per heavy atom. The summed E-state index contributed by atoms with van der Waals surface area (Å²) in [6.45, 7) is 6.36. The molecule has 80 valence electrons. The number of ether oxygens (including phenoxy) is 1. The van der Waals surface area contributed by atoms with Crippen LogP contribution in [-0.4, -0.2) is 37.1 Å². The van der Waals surface area contributed by atoms with Gasteiger partial charge in [-0.2, -0.15) is 5.26 Å². The van der Waals surface area contributed by atoms with Gasteiger partial charge in [-0.05, 0) is 27.8 Å². The van der Waals surface area contributed by atoms with Gasteiger partial charge in [0.1, 0.15) is 6.04 Å². The van der Waals surface area contributed by atoms with Crippen LogP contribution in [0.25, 0.3) is 0 Å². The summed E-state index contributed by atoms with van der Waals surface area (Å²) in [6, 6.07) is 1.84. The van der Waals surface area contributed by atoms with Gasteiger partial charge in [0.25, 0.3) is 0 Å². The van der Waals surface area contributed by atoms with E-state index in [4.69, 9.17) is 10.00 Å². The lowest BCUT2D eigenvalue weighted by Gasteiger charge is -2.23. The molecule has 0 radical (unpaired) electrons. The van der Waals surface area contributed by atoms with Crippen LogP contribution in [0.15, 0.2) is 0 Å². The standard InChI is InChI=1S/C10H18N2O2/c1-5-14-10(13)9(3)12(4)7-8(2)6-11/h8-9H,5,7H2,1-4H3. The molecule has 4 heteroatoms. The topological polar surface area (TPSA) is 53.3 Å². The van der Waals surface area contributed by atoms with E-state index in [2.05, 4.69) is 6.07 Å². The van der Waals surface area contributed by atoms with Gasteiger partial charge in [-0.15, -0.1) is 0 Å². The first-order chi connectivity index (χ1) is 6.52. The molecule has 0 aromatic heterocycles. The van der Waals surface area contributed by atoms with E-state index in [-0.39, 0.29) is 17.9 Å². The van der Waals surface area contributed by atoms with Crippen molar-refractivity contribution in [2.45, 2.75) is 26.8 Å². The molecule has 0 bridgehead atoms. The van der Waals surface area contributed by atoms with Gasteiger partial charge in [-0.3, -0.25) is 9.69 Å². The summed E-state index contributed by atoms with van der Waals surface area (Å²) < 4.78 is 4.88. The maximum Gasteiger partial charge on any atom is 0.323 e. The van der Waals surface area contributed by atoms with Gasteiger partial charge in [0.2, 0.25) is 0 Å². The molecule has 2 unspecified atom stereocenters. The average molecular weight is 198 g/mol. The van der Waals surface area contributed by atoms with Gasteiger partial charge in [0, 0.05) is 6.54 Å². The smallest absolute Gasteiger partial charge is 0.323 e. The zero-order valence-electron chi connectivity index (χ0n) is 9.28. The van der Waals surface area contributed by atoms with Crippen LogP contribution in [0.2, 0.25) is 0 Å². The molecule has 0 N–H and O–H groups in total. The van der Waals surface area contributed by atoms with Crippen molar-refractivity contribution in [3.05, 3.63) is 0 Å². The third-order valence-electron chi connectivity index (χ3n) is 2.07. The van der Waals surface area contributed by atoms with Gasteiger partial charge < -0.3 is 4.74 Å². The quantitative estimate of drug-likeness (QED) is 0.619. The summed E-state index contributed by atoms with van der Waals surface area (Å²) >= 11 is 0. The van der Waals surface area contributed by atoms with Crippen LogP contribution in [0.3, 0.4) is 0 Å². The molecule has 0 aliphatic heterocycles.